The molecule has 0 amide bonds. The highest BCUT2D eigenvalue weighted by Crippen LogP contribution is 2.57. The maximum absolute atomic E-state index is 14.7. The maximum atomic E-state index is 14.7. The van der Waals surface area contributed by atoms with E-state index in [9.17, 15) is 136 Å². The number of phenolic OH excluding ortho intramolecular Hbond substituents is 17. The van der Waals surface area contributed by atoms with Crippen LogP contribution in [0.4, 0.5) is 0 Å². The summed E-state index contributed by atoms with van der Waals surface area (Å²) in [6, 6.07) is 9.45. The molecule has 532 valence electrons. The Morgan fingerprint density at radius 3 is 1.52 bits per heavy atom. The quantitative estimate of drug-likeness (QED) is 0.0322. The molecule has 4 aliphatic heterocycles. The van der Waals surface area contributed by atoms with Crippen LogP contribution in [-0.2, 0) is 50.8 Å². The SMILES string of the molecule is O=C(CCc1ccc(O)c(O)c1)C[C@H](CCc1ccc(OC(=O)c2cc(O)c(O)c(O)c2Oc2cc3c(c(O)c2O)-c2c(cc(O)c(O)c2O)C(=O)O[C@H]2[C@@H]4OC(=O)c5cc(O)c(O)c(O)c5-c5c(cc(O)c(O)c5O)C(=O)O[C@H]4[C@@H](O)O[C@@H]2COC3=O)c(O)c1)O[C@@H]1OC[C@@H](O)[C@H](O)[C@H]1O. The molecule has 4 aliphatic rings. The van der Waals surface area contributed by atoms with E-state index < -0.39 is 264 Å². The summed E-state index contributed by atoms with van der Waals surface area (Å²) in [7, 11) is 0. The molecule has 11 rings (SSSR count). The standard InChI is InChI=1S/C65H56O36/c66-21(5-1-19-3-7-28(67)29(68)9-19)11-22(95-65-54(86)47(79)35(74)17-94-65)6-2-20-4-8-36(30(69)10-20)97-63(91)27-15-34(73)46(78)53(85)55(27)96-37-16-26-42(52(84)48(37)80)41-23(12-31(70)45(77)51(41)83)60(88)99-56-38(18-93-59(26)87)98-64(92)58-57(56)100-61(89)24-13-32(71)43(75)49(81)39(24)40-25(62(90)101-58)14-33(72)44(76)50(40)82/h3-4,7-10,12-16,22,35,38,47,54,56-58,64-65,67-86,92H,1-2,5-6,11,17-18H2/t22-,35+,38+,47-,54+,56+,57-,58+,64-,65-/m0/s1. The molecule has 0 aromatic heterocycles. The monoisotopic (exact) mass is 1410 g/mol. The molecule has 0 unspecified atom stereocenters. The second-order valence-electron chi connectivity index (χ2n) is 23.2. The molecule has 101 heavy (non-hydrogen) atoms. The van der Waals surface area contributed by atoms with Crippen molar-refractivity contribution in [2.45, 2.75) is 93.5 Å². The summed E-state index contributed by atoms with van der Waals surface area (Å²) in [6.07, 6.45) is -20.0. The number of cyclic esters (lactones) is 1. The Bertz CT molecular complexity index is 4580. The lowest BCUT2D eigenvalue weighted by atomic mass is 9.91. The van der Waals surface area contributed by atoms with Crippen molar-refractivity contribution >= 4 is 35.6 Å². The van der Waals surface area contributed by atoms with Crippen molar-refractivity contribution in [1.82, 2.24) is 0 Å². The Balaban J connectivity index is 0.891. The number of benzene rings is 7. The lowest BCUT2D eigenvalue weighted by Gasteiger charge is -2.43. The zero-order valence-electron chi connectivity index (χ0n) is 51.1. The summed E-state index contributed by atoms with van der Waals surface area (Å²) in [4.78, 5) is 85.4. The van der Waals surface area contributed by atoms with Crippen molar-refractivity contribution in [3.05, 3.63) is 106 Å². The van der Waals surface area contributed by atoms with Crippen molar-refractivity contribution in [2.75, 3.05) is 13.2 Å². The third-order valence-corrected chi connectivity index (χ3v) is 16.7. The summed E-state index contributed by atoms with van der Waals surface area (Å²) < 4.78 is 50.2. The first kappa shape index (κ1) is 70.0. The minimum absolute atomic E-state index is 0.0359. The lowest BCUT2D eigenvalue weighted by molar-refractivity contribution is -0.284. The number of aliphatic hydroxyl groups is 4. The number of phenols is 17. The van der Waals surface area contributed by atoms with Gasteiger partial charge in [-0.3, -0.25) is 4.79 Å². The first-order valence-electron chi connectivity index (χ1n) is 29.6. The maximum Gasteiger partial charge on any atom is 0.347 e. The van der Waals surface area contributed by atoms with Crippen molar-refractivity contribution in [3.63, 3.8) is 0 Å². The van der Waals surface area contributed by atoms with E-state index in [-0.39, 0.29) is 49.2 Å². The van der Waals surface area contributed by atoms with Crippen LogP contribution in [0, 0.1) is 0 Å². The number of aryl methyl sites for hydroxylation is 2. The minimum atomic E-state index is -2.59. The minimum Gasteiger partial charge on any atom is -0.504 e. The summed E-state index contributed by atoms with van der Waals surface area (Å²) in [6.45, 7) is -1.77. The molecule has 2 saturated heterocycles. The number of carbonyl (C=O) groups is 6. The molecule has 0 bridgehead atoms. The van der Waals surface area contributed by atoms with E-state index in [1.165, 1.54) is 24.3 Å². The Morgan fingerprint density at radius 1 is 0.465 bits per heavy atom. The Kier molecular flexibility index (Phi) is 18.8. The zero-order chi connectivity index (χ0) is 73.2. The second-order valence-corrected chi connectivity index (χ2v) is 23.2. The van der Waals surface area contributed by atoms with Gasteiger partial charge >= 0.3 is 29.8 Å². The van der Waals surface area contributed by atoms with Crippen LogP contribution >= 0.6 is 0 Å². The fourth-order valence-electron chi connectivity index (χ4n) is 11.5. The van der Waals surface area contributed by atoms with Gasteiger partial charge in [-0.2, -0.15) is 0 Å². The Labute approximate surface area is 562 Å². The van der Waals surface area contributed by atoms with Gasteiger partial charge in [0.15, 0.2) is 111 Å². The van der Waals surface area contributed by atoms with Crippen LogP contribution in [0.5, 0.6) is 115 Å². The number of rotatable bonds is 14. The third-order valence-electron chi connectivity index (χ3n) is 16.7. The molecule has 0 aliphatic carbocycles. The number of hydrogen-bond donors (Lipinski definition) is 21. The van der Waals surface area contributed by atoms with E-state index in [2.05, 4.69) is 0 Å². The van der Waals surface area contributed by atoms with Crippen molar-refractivity contribution < 1.29 is 179 Å². The highest BCUT2D eigenvalue weighted by atomic mass is 16.7. The van der Waals surface area contributed by atoms with Crippen LogP contribution in [0.15, 0.2) is 66.7 Å². The smallest absolute Gasteiger partial charge is 0.347 e. The number of hydrogen-bond acceptors (Lipinski definition) is 36. The fourth-order valence-corrected chi connectivity index (χ4v) is 11.5. The topological polar surface area (TPSA) is 610 Å². The number of ketones is 1. The number of aromatic hydroxyl groups is 17. The van der Waals surface area contributed by atoms with Gasteiger partial charge in [0.1, 0.15) is 42.4 Å². The van der Waals surface area contributed by atoms with E-state index in [4.69, 9.17) is 42.6 Å². The zero-order valence-corrected chi connectivity index (χ0v) is 51.1. The number of fused-ring (bicyclic) bond motifs is 9. The van der Waals surface area contributed by atoms with Gasteiger partial charge in [0.05, 0.1) is 35.0 Å². The van der Waals surface area contributed by atoms with Crippen molar-refractivity contribution in [2.24, 2.45) is 0 Å². The predicted molar refractivity (Wildman–Crippen MR) is 324 cm³/mol. The van der Waals surface area contributed by atoms with Gasteiger partial charge in [-0.05, 0) is 72.9 Å². The van der Waals surface area contributed by atoms with Crippen LogP contribution in [0.1, 0.15) is 82.2 Å². The summed E-state index contributed by atoms with van der Waals surface area (Å²) in [5.41, 5.74) is -9.43. The van der Waals surface area contributed by atoms with Crippen molar-refractivity contribution in [3.8, 4) is 137 Å². The van der Waals surface area contributed by atoms with Gasteiger partial charge < -0.3 is 150 Å². The summed E-state index contributed by atoms with van der Waals surface area (Å²) in [5.74, 6) is -34.0. The summed E-state index contributed by atoms with van der Waals surface area (Å²) >= 11 is 0. The van der Waals surface area contributed by atoms with Gasteiger partial charge in [-0.15, -0.1) is 0 Å². The molecule has 10 atom stereocenters. The van der Waals surface area contributed by atoms with Gasteiger partial charge in [-0.25, -0.2) is 24.0 Å². The molecular weight excluding hydrogens is 1360 g/mol. The molecule has 0 radical (unpaired) electrons. The van der Waals surface area contributed by atoms with E-state index in [0.717, 1.165) is 12.1 Å². The molecule has 36 heteroatoms. The number of esters is 5. The van der Waals surface area contributed by atoms with E-state index in [0.29, 0.717) is 35.9 Å². The molecule has 21 N–H and O–H groups in total. The number of carbonyl (C=O) groups excluding carboxylic acids is 6. The van der Waals surface area contributed by atoms with Crippen LogP contribution in [0.2, 0.25) is 0 Å². The molecular formula is C65H56O36. The highest BCUT2D eigenvalue weighted by Gasteiger charge is 2.54. The number of ether oxygens (including phenoxy) is 9. The second kappa shape index (κ2) is 27.2. The lowest BCUT2D eigenvalue weighted by Crippen LogP contribution is -2.62. The Hall–Kier alpha value is -12.3. The van der Waals surface area contributed by atoms with Gasteiger partial charge in [0.25, 0.3) is 0 Å². The predicted octanol–water partition coefficient (Wildman–Crippen LogP) is 2.55. The molecule has 4 heterocycles. The van der Waals surface area contributed by atoms with Gasteiger partial charge in [0.2, 0.25) is 34.5 Å². The normalized spacial score (nSPS) is 21.4. The van der Waals surface area contributed by atoms with E-state index >= 15 is 0 Å². The molecule has 7 aromatic carbocycles. The average molecular weight is 1410 g/mol. The van der Waals surface area contributed by atoms with Gasteiger partial charge in [0, 0.05) is 47.2 Å². The molecule has 2 fully saturated rings. The first-order valence-corrected chi connectivity index (χ1v) is 29.6. The van der Waals surface area contributed by atoms with Crippen molar-refractivity contribution in [1.29, 1.82) is 0 Å². The molecule has 7 aromatic rings. The van der Waals surface area contributed by atoms with Crippen LogP contribution in [-0.4, -0.2) is 217 Å². The number of aliphatic hydroxyl groups excluding tert-OH is 4. The number of Topliss-reactive ketones (excluding diaryl/α,β-unsaturated/α-hetero) is 1. The van der Waals surface area contributed by atoms with Crippen LogP contribution in [0.25, 0.3) is 22.3 Å². The van der Waals surface area contributed by atoms with E-state index in [1.54, 1.807) is 0 Å². The highest BCUT2D eigenvalue weighted by molar-refractivity contribution is 6.10. The Morgan fingerprint density at radius 2 is 0.960 bits per heavy atom. The fraction of sp³-hybridized carbons (Fsp3) is 0.262. The largest absolute Gasteiger partial charge is 0.504 e. The average Bonchev–Trinajstić information content (AvgIpc) is 1.48. The van der Waals surface area contributed by atoms with Gasteiger partial charge in [-0.1, -0.05) is 12.1 Å². The molecule has 0 spiro atoms. The summed E-state index contributed by atoms with van der Waals surface area (Å²) in [5, 5.41) is 227. The molecule has 36 nitrogen and oxygen atoms in total. The first-order chi connectivity index (χ1) is 47.7. The van der Waals surface area contributed by atoms with Crippen LogP contribution < -0.4 is 9.47 Å². The molecule has 0 saturated carbocycles. The van der Waals surface area contributed by atoms with Crippen LogP contribution in [0.3, 0.4) is 0 Å². The third kappa shape index (κ3) is 13.1. The van der Waals surface area contributed by atoms with E-state index in [1.807, 2.05) is 0 Å².